The molecular weight excluding hydrogens is 174 g/mol. The zero-order valence-corrected chi connectivity index (χ0v) is 9.45. The van der Waals surface area contributed by atoms with Gasteiger partial charge < -0.3 is 5.11 Å². The predicted octanol–water partition coefficient (Wildman–Crippen LogP) is 2.72. The van der Waals surface area contributed by atoms with E-state index >= 15 is 0 Å². The molecule has 0 aromatic heterocycles. The summed E-state index contributed by atoms with van der Waals surface area (Å²) in [6, 6.07) is 1.94. The lowest BCUT2D eigenvalue weighted by atomic mass is 9.69. The number of hydrogen-bond acceptors (Lipinski definition) is 2. The fraction of sp³-hybridized carbons (Fsp3) is 0.917. The predicted molar refractivity (Wildman–Crippen MR) is 56.5 cm³/mol. The smallest absolute Gasteiger partial charge is 0.143 e. The van der Waals surface area contributed by atoms with E-state index in [0.717, 1.165) is 31.6 Å². The van der Waals surface area contributed by atoms with Crippen LogP contribution < -0.4 is 0 Å². The van der Waals surface area contributed by atoms with Crippen LogP contribution in [0.5, 0.6) is 0 Å². The van der Waals surface area contributed by atoms with E-state index in [1.807, 2.05) is 6.07 Å². The normalized spacial score (nSPS) is 30.8. The summed E-state index contributed by atoms with van der Waals surface area (Å²) in [5, 5.41) is 18.0. The van der Waals surface area contributed by atoms with Crippen molar-refractivity contribution in [2.24, 2.45) is 17.3 Å². The molecule has 1 fully saturated rings. The van der Waals surface area contributed by atoms with Crippen LogP contribution in [0.15, 0.2) is 0 Å². The van der Waals surface area contributed by atoms with E-state index in [2.05, 4.69) is 20.8 Å². The van der Waals surface area contributed by atoms with Crippen molar-refractivity contribution in [1.82, 2.24) is 0 Å². The minimum atomic E-state index is -0.740. The fourth-order valence-corrected chi connectivity index (χ4v) is 2.41. The maximum Gasteiger partial charge on any atom is 0.143 e. The second-order valence-electron chi connectivity index (χ2n) is 5.55. The van der Waals surface area contributed by atoms with Crippen molar-refractivity contribution < 1.29 is 5.11 Å². The van der Waals surface area contributed by atoms with Crippen LogP contribution >= 0.6 is 0 Å². The summed E-state index contributed by atoms with van der Waals surface area (Å²) in [5.41, 5.74) is 0.378. The van der Waals surface area contributed by atoms with E-state index in [-0.39, 0.29) is 5.92 Å². The standard InChI is InChI=1S/C12H21NO/c1-12(2,3)10-6-4-9(5-7-10)11(14)8-13/h9-11,14H,4-7H2,1-3H3. The molecule has 0 radical (unpaired) electrons. The molecule has 0 heterocycles. The van der Waals surface area contributed by atoms with Crippen molar-refractivity contribution >= 4 is 0 Å². The van der Waals surface area contributed by atoms with Gasteiger partial charge in [-0.2, -0.15) is 5.26 Å². The monoisotopic (exact) mass is 195 g/mol. The Bertz CT molecular complexity index is 215. The van der Waals surface area contributed by atoms with Crippen molar-refractivity contribution in [2.75, 3.05) is 0 Å². The van der Waals surface area contributed by atoms with Gasteiger partial charge in [0.1, 0.15) is 6.10 Å². The first-order valence-electron chi connectivity index (χ1n) is 5.53. The highest BCUT2D eigenvalue weighted by Crippen LogP contribution is 2.40. The van der Waals surface area contributed by atoms with Crippen LogP contribution in [0.3, 0.4) is 0 Å². The van der Waals surface area contributed by atoms with Gasteiger partial charge >= 0.3 is 0 Å². The maximum atomic E-state index is 9.41. The van der Waals surface area contributed by atoms with E-state index < -0.39 is 6.10 Å². The molecule has 2 nitrogen and oxygen atoms in total. The first-order valence-corrected chi connectivity index (χ1v) is 5.53. The summed E-state index contributed by atoms with van der Waals surface area (Å²) in [4.78, 5) is 0. The summed E-state index contributed by atoms with van der Waals surface area (Å²) < 4.78 is 0. The number of nitriles is 1. The van der Waals surface area contributed by atoms with E-state index in [9.17, 15) is 5.11 Å². The maximum absolute atomic E-state index is 9.41. The molecule has 0 spiro atoms. The molecule has 80 valence electrons. The zero-order valence-electron chi connectivity index (χ0n) is 9.45. The number of rotatable bonds is 1. The lowest BCUT2D eigenvalue weighted by Gasteiger charge is -2.37. The Kier molecular flexibility index (Phi) is 3.55. The Labute approximate surface area is 86.9 Å². The summed E-state index contributed by atoms with van der Waals surface area (Å²) in [6.45, 7) is 6.83. The molecule has 0 bridgehead atoms. The Morgan fingerprint density at radius 2 is 1.71 bits per heavy atom. The number of hydrogen-bond donors (Lipinski definition) is 1. The molecule has 1 N–H and O–H groups in total. The van der Waals surface area contributed by atoms with E-state index in [1.54, 1.807) is 0 Å². The van der Waals surface area contributed by atoms with Crippen molar-refractivity contribution in [2.45, 2.75) is 52.6 Å². The second-order valence-corrected chi connectivity index (χ2v) is 5.55. The van der Waals surface area contributed by atoms with Gasteiger partial charge in [0.15, 0.2) is 0 Å². The van der Waals surface area contributed by atoms with E-state index in [4.69, 9.17) is 5.26 Å². The van der Waals surface area contributed by atoms with Crippen molar-refractivity contribution in [3.05, 3.63) is 0 Å². The van der Waals surface area contributed by atoms with Crippen LogP contribution in [0, 0.1) is 28.6 Å². The second kappa shape index (κ2) is 4.31. The highest BCUT2D eigenvalue weighted by molar-refractivity contribution is 4.91. The molecule has 0 aromatic carbocycles. The summed E-state index contributed by atoms with van der Waals surface area (Å²) in [5.74, 6) is 0.975. The Balaban J connectivity index is 2.43. The van der Waals surface area contributed by atoms with Crippen molar-refractivity contribution in [1.29, 1.82) is 5.26 Å². The average molecular weight is 195 g/mol. The molecule has 0 amide bonds. The van der Waals surface area contributed by atoms with Crippen LogP contribution in [0.25, 0.3) is 0 Å². The van der Waals surface area contributed by atoms with Gasteiger partial charge in [0.05, 0.1) is 6.07 Å². The molecule has 1 unspecified atom stereocenters. The Morgan fingerprint density at radius 3 is 2.07 bits per heavy atom. The van der Waals surface area contributed by atoms with Gasteiger partial charge in [0, 0.05) is 0 Å². The topological polar surface area (TPSA) is 44.0 Å². The molecule has 1 saturated carbocycles. The first-order chi connectivity index (χ1) is 6.45. The molecular formula is C12H21NO. The van der Waals surface area contributed by atoms with E-state index in [0.29, 0.717) is 5.41 Å². The van der Waals surface area contributed by atoms with Crippen LogP contribution in [0.4, 0.5) is 0 Å². The van der Waals surface area contributed by atoms with Gasteiger partial charge in [-0.15, -0.1) is 0 Å². The molecule has 1 aliphatic rings. The third-order valence-corrected chi connectivity index (χ3v) is 3.58. The van der Waals surface area contributed by atoms with Gasteiger partial charge in [-0.05, 0) is 42.9 Å². The van der Waals surface area contributed by atoms with Crippen LogP contribution in [-0.2, 0) is 0 Å². The van der Waals surface area contributed by atoms with E-state index in [1.165, 1.54) is 0 Å². The molecule has 1 atom stereocenters. The zero-order chi connectivity index (χ0) is 10.8. The van der Waals surface area contributed by atoms with Gasteiger partial charge in [-0.25, -0.2) is 0 Å². The first kappa shape index (κ1) is 11.5. The quantitative estimate of drug-likeness (QED) is 0.654. The fourth-order valence-electron chi connectivity index (χ4n) is 2.41. The van der Waals surface area contributed by atoms with Crippen LogP contribution in [-0.4, -0.2) is 11.2 Å². The molecule has 0 saturated heterocycles. The molecule has 1 rings (SSSR count). The van der Waals surface area contributed by atoms with Crippen LogP contribution in [0.2, 0.25) is 0 Å². The molecule has 2 heteroatoms. The minimum absolute atomic E-state index is 0.221. The molecule has 0 aliphatic heterocycles. The molecule has 1 aliphatic carbocycles. The number of nitrogens with zero attached hydrogens (tertiary/aromatic N) is 1. The Hall–Kier alpha value is -0.550. The third-order valence-electron chi connectivity index (χ3n) is 3.58. The van der Waals surface area contributed by atoms with Crippen LogP contribution in [0.1, 0.15) is 46.5 Å². The lowest BCUT2D eigenvalue weighted by Crippen LogP contribution is -2.30. The van der Waals surface area contributed by atoms with Crippen molar-refractivity contribution in [3.8, 4) is 6.07 Å². The highest BCUT2D eigenvalue weighted by atomic mass is 16.3. The molecule has 0 aromatic rings. The molecule has 14 heavy (non-hydrogen) atoms. The largest absolute Gasteiger partial charge is 0.378 e. The van der Waals surface area contributed by atoms with Gasteiger partial charge in [-0.1, -0.05) is 20.8 Å². The minimum Gasteiger partial charge on any atom is -0.378 e. The lowest BCUT2D eigenvalue weighted by molar-refractivity contribution is 0.0839. The van der Waals surface area contributed by atoms with Gasteiger partial charge in [-0.3, -0.25) is 0 Å². The summed E-state index contributed by atoms with van der Waals surface area (Å²) in [7, 11) is 0. The average Bonchev–Trinajstić information content (AvgIpc) is 2.15. The van der Waals surface area contributed by atoms with Gasteiger partial charge in [0.2, 0.25) is 0 Å². The number of aliphatic hydroxyl groups is 1. The summed E-state index contributed by atoms with van der Waals surface area (Å²) in [6.07, 6.45) is 3.60. The van der Waals surface area contributed by atoms with Gasteiger partial charge in [0.25, 0.3) is 0 Å². The number of aliphatic hydroxyl groups excluding tert-OH is 1. The SMILES string of the molecule is CC(C)(C)C1CCC(C(O)C#N)CC1. The highest BCUT2D eigenvalue weighted by Gasteiger charge is 2.32. The Morgan fingerprint density at radius 1 is 1.21 bits per heavy atom. The third kappa shape index (κ3) is 2.72. The van der Waals surface area contributed by atoms with Crippen molar-refractivity contribution in [3.63, 3.8) is 0 Å². The summed E-state index contributed by atoms with van der Waals surface area (Å²) >= 11 is 0.